The number of rotatable bonds is 4. The predicted octanol–water partition coefficient (Wildman–Crippen LogP) is 2.16. The van der Waals surface area contributed by atoms with E-state index in [-0.39, 0.29) is 11.9 Å². The molecule has 1 atom stereocenters. The molecule has 2 aromatic rings. The van der Waals surface area contributed by atoms with E-state index >= 15 is 0 Å². The second-order valence-corrected chi connectivity index (χ2v) is 4.67. The Kier molecular flexibility index (Phi) is 4.29. The van der Waals surface area contributed by atoms with Crippen LogP contribution >= 0.6 is 0 Å². The Labute approximate surface area is 113 Å². The molecule has 3 nitrogen and oxygen atoms in total. The van der Waals surface area contributed by atoms with Gasteiger partial charge in [0.2, 0.25) is 6.54 Å². The molecule has 0 unspecified atom stereocenters. The van der Waals surface area contributed by atoms with Gasteiger partial charge >= 0.3 is 0 Å². The largest absolute Gasteiger partial charge is 0.344 e. The van der Waals surface area contributed by atoms with Gasteiger partial charge in [-0.1, -0.05) is 36.4 Å². The Morgan fingerprint density at radius 2 is 1.84 bits per heavy atom. The van der Waals surface area contributed by atoms with E-state index in [9.17, 15) is 4.79 Å². The van der Waals surface area contributed by atoms with Crippen LogP contribution in [0.5, 0.6) is 0 Å². The molecule has 19 heavy (non-hydrogen) atoms. The van der Waals surface area contributed by atoms with E-state index < -0.39 is 0 Å². The lowest BCUT2D eigenvalue weighted by Crippen LogP contribution is -2.45. The van der Waals surface area contributed by atoms with Crippen molar-refractivity contribution < 1.29 is 9.36 Å². The molecule has 0 spiro atoms. The van der Waals surface area contributed by atoms with Crippen LogP contribution in [0.1, 0.15) is 24.2 Å². The van der Waals surface area contributed by atoms with Crippen molar-refractivity contribution in [2.24, 2.45) is 0 Å². The summed E-state index contributed by atoms with van der Waals surface area (Å²) >= 11 is 0. The van der Waals surface area contributed by atoms with Crippen molar-refractivity contribution in [3.05, 3.63) is 66.0 Å². The third kappa shape index (κ3) is 3.65. The lowest BCUT2D eigenvalue weighted by Gasteiger charge is -2.13. The summed E-state index contributed by atoms with van der Waals surface area (Å²) < 4.78 is 1.94. The molecule has 0 saturated heterocycles. The number of aromatic nitrogens is 1. The molecule has 1 aromatic carbocycles. The topological polar surface area (TPSA) is 33.0 Å². The second kappa shape index (κ2) is 6.14. The smallest absolute Gasteiger partial charge is 0.286 e. The fourth-order valence-corrected chi connectivity index (χ4v) is 2.01. The van der Waals surface area contributed by atoms with Gasteiger partial charge in [0.25, 0.3) is 5.91 Å². The molecule has 0 fully saturated rings. The van der Waals surface area contributed by atoms with Gasteiger partial charge in [0.15, 0.2) is 11.9 Å². The zero-order chi connectivity index (χ0) is 13.7. The van der Waals surface area contributed by atoms with Crippen LogP contribution in [0.4, 0.5) is 0 Å². The SMILES string of the molecule is Cc1cccc[n+]1CC(=O)N[C@H](C)c1ccccc1. The molecule has 0 radical (unpaired) electrons. The standard InChI is InChI=1S/C16H18N2O/c1-13-8-6-7-11-18(13)12-16(19)17-14(2)15-9-4-3-5-10-15/h3-11,14H,12H2,1-2H3/p+1/t14-/m1/s1. The maximum atomic E-state index is 12.0. The third-order valence-electron chi connectivity index (χ3n) is 3.16. The molecule has 0 aliphatic rings. The molecule has 1 aromatic heterocycles. The van der Waals surface area contributed by atoms with Crippen molar-refractivity contribution in [3.63, 3.8) is 0 Å². The number of hydrogen-bond donors (Lipinski definition) is 1. The minimum atomic E-state index is 0.0238. The molecule has 98 valence electrons. The molecule has 1 heterocycles. The van der Waals surface area contributed by atoms with Gasteiger partial charge in [-0.3, -0.25) is 4.79 Å². The Hall–Kier alpha value is -2.16. The van der Waals surface area contributed by atoms with E-state index in [0.717, 1.165) is 11.3 Å². The van der Waals surface area contributed by atoms with Gasteiger partial charge in [-0.15, -0.1) is 0 Å². The van der Waals surface area contributed by atoms with Gasteiger partial charge in [-0.05, 0) is 12.5 Å². The predicted molar refractivity (Wildman–Crippen MR) is 74.4 cm³/mol. The molecule has 2 rings (SSSR count). The average molecular weight is 255 g/mol. The summed E-state index contributed by atoms with van der Waals surface area (Å²) in [4.78, 5) is 12.0. The quantitative estimate of drug-likeness (QED) is 0.834. The number of aryl methyl sites for hydroxylation is 1. The number of carbonyl (C=O) groups is 1. The number of carbonyl (C=O) groups excluding carboxylic acids is 1. The van der Waals surface area contributed by atoms with Gasteiger partial charge in [-0.2, -0.15) is 4.57 Å². The number of hydrogen-bond acceptors (Lipinski definition) is 1. The minimum Gasteiger partial charge on any atom is -0.344 e. The summed E-state index contributed by atoms with van der Waals surface area (Å²) in [5.74, 6) is 0.0238. The first-order chi connectivity index (χ1) is 9.16. The maximum absolute atomic E-state index is 12.0. The molecule has 1 amide bonds. The summed E-state index contributed by atoms with van der Waals surface area (Å²) in [7, 11) is 0. The van der Waals surface area contributed by atoms with E-state index in [0.29, 0.717) is 6.54 Å². The van der Waals surface area contributed by atoms with Gasteiger partial charge < -0.3 is 5.32 Å². The highest BCUT2D eigenvalue weighted by Gasteiger charge is 2.14. The van der Waals surface area contributed by atoms with E-state index in [1.807, 2.05) is 73.1 Å². The first-order valence-corrected chi connectivity index (χ1v) is 6.46. The van der Waals surface area contributed by atoms with Crippen molar-refractivity contribution in [1.82, 2.24) is 5.32 Å². The summed E-state index contributed by atoms with van der Waals surface area (Å²) in [6.07, 6.45) is 1.92. The Morgan fingerprint density at radius 3 is 2.53 bits per heavy atom. The van der Waals surface area contributed by atoms with Crippen LogP contribution in [-0.2, 0) is 11.3 Å². The number of nitrogens with zero attached hydrogens (tertiary/aromatic N) is 1. The van der Waals surface area contributed by atoms with Crippen molar-refractivity contribution in [2.75, 3.05) is 0 Å². The van der Waals surface area contributed by atoms with Gasteiger partial charge in [0, 0.05) is 19.1 Å². The van der Waals surface area contributed by atoms with Crippen LogP contribution < -0.4 is 9.88 Å². The summed E-state index contributed by atoms with van der Waals surface area (Å²) in [6.45, 7) is 4.34. The minimum absolute atomic E-state index is 0.0238. The lowest BCUT2D eigenvalue weighted by molar-refractivity contribution is -0.690. The third-order valence-corrected chi connectivity index (χ3v) is 3.16. The highest BCUT2D eigenvalue weighted by atomic mass is 16.2. The molecule has 1 N–H and O–H groups in total. The summed E-state index contributed by atoms with van der Waals surface area (Å²) in [5.41, 5.74) is 2.19. The number of amides is 1. The molecule has 0 saturated carbocycles. The van der Waals surface area contributed by atoms with Crippen molar-refractivity contribution in [1.29, 1.82) is 0 Å². The van der Waals surface area contributed by atoms with Gasteiger partial charge in [0.1, 0.15) is 0 Å². The number of nitrogens with one attached hydrogen (secondary N) is 1. The first-order valence-electron chi connectivity index (χ1n) is 6.46. The molecular weight excluding hydrogens is 236 g/mol. The molecule has 0 bridgehead atoms. The monoisotopic (exact) mass is 255 g/mol. The van der Waals surface area contributed by atoms with Crippen LogP contribution in [0.25, 0.3) is 0 Å². The zero-order valence-electron chi connectivity index (χ0n) is 11.3. The van der Waals surface area contributed by atoms with E-state index in [1.54, 1.807) is 0 Å². The fourth-order valence-electron chi connectivity index (χ4n) is 2.01. The summed E-state index contributed by atoms with van der Waals surface area (Å²) in [6, 6.07) is 15.9. The average Bonchev–Trinajstić information content (AvgIpc) is 2.42. The molecule has 0 aliphatic heterocycles. The van der Waals surface area contributed by atoms with Gasteiger partial charge in [-0.25, -0.2) is 0 Å². The second-order valence-electron chi connectivity index (χ2n) is 4.67. The number of pyridine rings is 1. The molecule has 0 aliphatic carbocycles. The highest BCUT2D eigenvalue weighted by Crippen LogP contribution is 2.10. The van der Waals surface area contributed by atoms with E-state index in [1.165, 1.54) is 0 Å². The lowest BCUT2D eigenvalue weighted by atomic mass is 10.1. The van der Waals surface area contributed by atoms with Crippen molar-refractivity contribution >= 4 is 5.91 Å². The Balaban J connectivity index is 1.97. The van der Waals surface area contributed by atoms with Crippen LogP contribution in [0.3, 0.4) is 0 Å². The van der Waals surface area contributed by atoms with Crippen LogP contribution in [0.15, 0.2) is 54.7 Å². The Morgan fingerprint density at radius 1 is 1.16 bits per heavy atom. The highest BCUT2D eigenvalue weighted by molar-refractivity contribution is 5.74. The van der Waals surface area contributed by atoms with Crippen molar-refractivity contribution in [2.45, 2.75) is 26.4 Å². The van der Waals surface area contributed by atoms with E-state index in [2.05, 4.69) is 5.32 Å². The maximum Gasteiger partial charge on any atom is 0.286 e. The molecular formula is C16H19N2O+. The normalized spacial score (nSPS) is 11.9. The number of benzene rings is 1. The zero-order valence-corrected chi connectivity index (χ0v) is 11.3. The van der Waals surface area contributed by atoms with Crippen LogP contribution in [-0.4, -0.2) is 5.91 Å². The van der Waals surface area contributed by atoms with Gasteiger partial charge in [0.05, 0.1) is 6.04 Å². The van der Waals surface area contributed by atoms with E-state index in [4.69, 9.17) is 0 Å². The van der Waals surface area contributed by atoms with Crippen molar-refractivity contribution in [3.8, 4) is 0 Å². The fraction of sp³-hybridized carbons (Fsp3) is 0.250. The summed E-state index contributed by atoms with van der Waals surface area (Å²) in [5, 5.41) is 3.01. The first kappa shape index (κ1) is 13.3. The molecule has 3 heteroatoms. The Bertz CT molecular complexity index is 552. The van der Waals surface area contributed by atoms with Crippen LogP contribution in [0, 0.1) is 6.92 Å². The van der Waals surface area contributed by atoms with Crippen LogP contribution in [0.2, 0.25) is 0 Å².